The molecule has 1 aromatic heterocycles. The maximum absolute atomic E-state index is 14.7. The average molecular weight is 472 g/mol. The molecule has 8 rings (SSSR count). The molecule has 6 nitrogen and oxygen atoms in total. The molecule has 1 unspecified atom stereocenters. The maximum Gasteiger partial charge on any atom is 0.249 e. The molecule has 5 aliphatic rings. The summed E-state index contributed by atoms with van der Waals surface area (Å²) in [5, 5.41) is 20.3. The lowest BCUT2D eigenvalue weighted by molar-refractivity contribution is -0.223. The summed E-state index contributed by atoms with van der Waals surface area (Å²) in [6.07, 6.45) is 7.83. The largest absolute Gasteiger partial charge is 0.272 e. The second kappa shape index (κ2) is 6.97. The van der Waals surface area contributed by atoms with Gasteiger partial charge in [-0.05, 0) is 79.3 Å². The van der Waals surface area contributed by atoms with Gasteiger partial charge >= 0.3 is 0 Å². The molecule has 1 atom stereocenters. The van der Waals surface area contributed by atoms with Crippen molar-refractivity contribution in [1.82, 2.24) is 14.8 Å². The Labute approximate surface area is 200 Å². The van der Waals surface area contributed by atoms with E-state index >= 15 is 0 Å². The van der Waals surface area contributed by atoms with E-state index in [9.17, 15) is 13.6 Å². The van der Waals surface area contributed by atoms with Crippen LogP contribution in [0.1, 0.15) is 67.2 Å². The van der Waals surface area contributed by atoms with Gasteiger partial charge in [0.05, 0.1) is 34.8 Å². The van der Waals surface area contributed by atoms with Crippen molar-refractivity contribution in [2.45, 2.75) is 57.0 Å². The van der Waals surface area contributed by atoms with Crippen molar-refractivity contribution in [1.29, 1.82) is 5.26 Å². The van der Waals surface area contributed by atoms with Crippen LogP contribution in [0.25, 0.3) is 10.9 Å². The first-order valence-electron chi connectivity index (χ1n) is 12.1. The molecule has 4 aliphatic carbocycles. The number of hydrogen-bond acceptors (Lipinski definition) is 4. The topological polar surface area (TPSA) is 74.3 Å². The van der Waals surface area contributed by atoms with E-state index in [-0.39, 0.29) is 22.8 Å². The van der Waals surface area contributed by atoms with Crippen LogP contribution < -0.4 is 0 Å². The summed E-state index contributed by atoms with van der Waals surface area (Å²) < 4.78 is 31.3. The molecule has 2 aromatic carbocycles. The molecular weight excluding hydrogens is 448 g/mol. The number of nitrogens with zero attached hydrogens (tertiary/aromatic N) is 5. The predicted molar refractivity (Wildman–Crippen MR) is 124 cm³/mol. The van der Waals surface area contributed by atoms with Crippen molar-refractivity contribution in [3.05, 3.63) is 64.9 Å². The van der Waals surface area contributed by atoms with Crippen LogP contribution >= 0.6 is 0 Å². The van der Waals surface area contributed by atoms with E-state index in [4.69, 9.17) is 5.26 Å². The number of nitriles is 1. The fourth-order valence-electron chi connectivity index (χ4n) is 6.68. The molecule has 0 radical (unpaired) electrons. The molecule has 0 spiro atoms. The molecule has 1 aliphatic heterocycles. The number of halogens is 2. The highest BCUT2D eigenvalue weighted by Crippen LogP contribution is 2.74. The molecule has 1 amide bonds. The van der Waals surface area contributed by atoms with Gasteiger partial charge in [0.25, 0.3) is 0 Å². The number of fused-ring (bicyclic) bond motifs is 1. The van der Waals surface area contributed by atoms with Crippen molar-refractivity contribution in [3.8, 4) is 6.07 Å². The van der Waals surface area contributed by atoms with Crippen molar-refractivity contribution < 1.29 is 13.6 Å². The van der Waals surface area contributed by atoms with Crippen molar-refractivity contribution >= 4 is 23.0 Å². The van der Waals surface area contributed by atoms with E-state index in [2.05, 4.69) is 16.3 Å². The molecule has 2 bridgehead atoms. The number of carbonyl (C=O) groups excluding carboxylic acids is 1. The van der Waals surface area contributed by atoms with Gasteiger partial charge < -0.3 is 0 Å². The molecule has 2 heterocycles. The van der Waals surface area contributed by atoms with Crippen LogP contribution in [0.3, 0.4) is 0 Å². The summed E-state index contributed by atoms with van der Waals surface area (Å²) in [5.41, 5.74) is 1.83. The lowest BCUT2D eigenvalue weighted by Gasteiger charge is -2.69. The minimum absolute atomic E-state index is 0.0149. The highest BCUT2D eigenvalue weighted by molar-refractivity contribution is 5.88. The van der Waals surface area contributed by atoms with Crippen LogP contribution in [0.4, 0.5) is 8.78 Å². The average Bonchev–Trinajstić information content (AvgIpc) is 3.35. The van der Waals surface area contributed by atoms with Crippen LogP contribution in [0, 0.1) is 33.8 Å². The predicted octanol–water partition coefficient (Wildman–Crippen LogP) is 5.19. The summed E-state index contributed by atoms with van der Waals surface area (Å²) >= 11 is 0. The second-order valence-electron chi connectivity index (χ2n) is 10.9. The lowest BCUT2D eigenvalue weighted by Crippen LogP contribution is -2.68. The lowest BCUT2D eigenvalue weighted by atomic mass is 9.34. The smallest absolute Gasteiger partial charge is 0.249 e. The van der Waals surface area contributed by atoms with E-state index in [1.54, 1.807) is 18.5 Å². The van der Waals surface area contributed by atoms with Crippen LogP contribution in [0.5, 0.6) is 0 Å². The number of amides is 1. The van der Waals surface area contributed by atoms with Crippen LogP contribution in [-0.4, -0.2) is 26.9 Å². The van der Waals surface area contributed by atoms with Gasteiger partial charge in [-0.1, -0.05) is 0 Å². The van der Waals surface area contributed by atoms with E-state index in [1.807, 2.05) is 16.8 Å². The Morgan fingerprint density at radius 1 is 1.14 bits per heavy atom. The highest BCUT2D eigenvalue weighted by Gasteiger charge is 2.72. The Bertz CT molecular complexity index is 1440. The summed E-state index contributed by atoms with van der Waals surface area (Å²) in [4.78, 5) is 13.5. The number of aromatic nitrogens is 2. The van der Waals surface area contributed by atoms with Gasteiger partial charge in [0, 0.05) is 30.1 Å². The summed E-state index contributed by atoms with van der Waals surface area (Å²) in [6, 6.07) is 10.0. The quantitative estimate of drug-likeness (QED) is 0.514. The molecule has 4 fully saturated rings. The molecule has 0 saturated heterocycles. The van der Waals surface area contributed by atoms with Gasteiger partial charge in [-0.2, -0.15) is 15.5 Å². The van der Waals surface area contributed by atoms with E-state index in [0.29, 0.717) is 17.5 Å². The number of rotatable bonds is 5. The van der Waals surface area contributed by atoms with Crippen LogP contribution in [0.2, 0.25) is 0 Å². The molecule has 4 saturated carbocycles. The monoisotopic (exact) mass is 471 g/mol. The molecule has 35 heavy (non-hydrogen) atoms. The number of hydrogen-bond donors (Lipinski definition) is 0. The first kappa shape index (κ1) is 20.7. The SMILES string of the molecule is N#Cc1ccc2c(cnn2CC23CC(C(=O)N4N=CCC4c4cc(F)c(C5CC5)c(F)c4)(C2)C3)c1. The summed E-state index contributed by atoms with van der Waals surface area (Å²) in [5.74, 6) is -1.09. The molecule has 176 valence electrons. The third kappa shape index (κ3) is 3.00. The van der Waals surface area contributed by atoms with Gasteiger partial charge in [-0.15, -0.1) is 0 Å². The zero-order chi connectivity index (χ0) is 23.9. The van der Waals surface area contributed by atoms with E-state index in [0.717, 1.165) is 49.6 Å². The molecular formula is C27H23F2N5O. The summed E-state index contributed by atoms with van der Waals surface area (Å²) in [6.45, 7) is 0.725. The third-order valence-corrected chi connectivity index (χ3v) is 8.36. The molecule has 8 heteroatoms. The minimum atomic E-state index is -0.514. The van der Waals surface area contributed by atoms with Gasteiger partial charge in [0.15, 0.2) is 0 Å². The Kier molecular flexibility index (Phi) is 4.13. The fourth-order valence-corrected chi connectivity index (χ4v) is 6.68. The minimum Gasteiger partial charge on any atom is -0.272 e. The van der Waals surface area contributed by atoms with Gasteiger partial charge in [0.1, 0.15) is 11.6 Å². The number of carbonyl (C=O) groups is 1. The Morgan fingerprint density at radius 3 is 2.57 bits per heavy atom. The Balaban J connectivity index is 1.07. The van der Waals surface area contributed by atoms with Gasteiger partial charge in [-0.3, -0.25) is 9.48 Å². The van der Waals surface area contributed by atoms with Gasteiger partial charge in [0.2, 0.25) is 5.91 Å². The summed E-state index contributed by atoms with van der Waals surface area (Å²) in [7, 11) is 0. The van der Waals surface area contributed by atoms with Crippen LogP contribution in [0.15, 0.2) is 41.6 Å². The first-order chi connectivity index (χ1) is 16.9. The molecule has 3 aromatic rings. The number of benzene rings is 2. The van der Waals surface area contributed by atoms with Crippen molar-refractivity contribution in [2.24, 2.45) is 15.9 Å². The molecule has 0 N–H and O–H groups in total. The zero-order valence-electron chi connectivity index (χ0n) is 19.0. The zero-order valence-corrected chi connectivity index (χ0v) is 19.0. The number of hydrazone groups is 1. The standard InChI is InChI=1S/C27H23F2N5O/c28-20-8-18(9-21(29)24(20)17-2-3-17)23-5-6-31-34(23)25(35)27-12-26(13-27,14-27)15-33-22-4-1-16(10-30)7-19(22)11-32-33/h1,4,6-9,11,17,23H,2-3,5,12-15H2. The Hall–Kier alpha value is -3.60. The Morgan fingerprint density at radius 2 is 1.89 bits per heavy atom. The van der Waals surface area contributed by atoms with Crippen molar-refractivity contribution in [3.63, 3.8) is 0 Å². The fraction of sp³-hybridized carbons (Fsp3) is 0.407. The van der Waals surface area contributed by atoms with E-state index in [1.165, 1.54) is 17.1 Å². The second-order valence-corrected chi connectivity index (χ2v) is 10.9. The van der Waals surface area contributed by atoms with Gasteiger partial charge in [-0.25, -0.2) is 13.8 Å². The third-order valence-electron chi connectivity index (χ3n) is 8.36. The van der Waals surface area contributed by atoms with E-state index < -0.39 is 23.1 Å². The normalized spacial score (nSPS) is 28.6. The van der Waals surface area contributed by atoms with Crippen molar-refractivity contribution in [2.75, 3.05) is 0 Å². The van der Waals surface area contributed by atoms with Crippen LogP contribution in [-0.2, 0) is 11.3 Å². The maximum atomic E-state index is 14.7. The first-order valence-corrected chi connectivity index (χ1v) is 12.1. The highest BCUT2D eigenvalue weighted by atomic mass is 19.1.